The number of benzene rings is 1. The van der Waals surface area contributed by atoms with Gasteiger partial charge in [-0.15, -0.1) is 0 Å². The van der Waals surface area contributed by atoms with Crippen LogP contribution in [0.2, 0.25) is 5.02 Å². The number of aryl methyl sites for hydroxylation is 1. The highest BCUT2D eigenvalue weighted by Gasteiger charge is 2.20. The Labute approximate surface area is 171 Å². The highest BCUT2D eigenvalue weighted by atomic mass is 35.5. The SMILES string of the molecule is COc1cc(Cl)cc(C)c1-c1nc2nc(N[C@@H]3CCCN(C)C3)sc2c(=O)[nH]1. The van der Waals surface area contributed by atoms with Crippen LogP contribution < -0.4 is 15.6 Å². The fraction of sp³-hybridized carbons (Fsp3) is 0.421. The van der Waals surface area contributed by atoms with E-state index in [0.717, 1.165) is 36.6 Å². The van der Waals surface area contributed by atoms with Gasteiger partial charge in [0.05, 0.1) is 12.7 Å². The van der Waals surface area contributed by atoms with Crippen molar-refractivity contribution in [3.8, 4) is 17.1 Å². The molecule has 0 amide bonds. The number of ether oxygens (including phenoxy) is 1. The lowest BCUT2D eigenvalue weighted by Crippen LogP contribution is -2.39. The number of nitrogens with zero attached hydrogens (tertiary/aromatic N) is 3. The Balaban J connectivity index is 1.72. The van der Waals surface area contributed by atoms with Gasteiger partial charge < -0.3 is 19.9 Å². The molecule has 9 heteroatoms. The van der Waals surface area contributed by atoms with Crippen LogP contribution in [-0.2, 0) is 0 Å². The summed E-state index contributed by atoms with van der Waals surface area (Å²) in [5.74, 6) is 0.990. The Morgan fingerprint density at radius 1 is 1.39 bits per heavy atom. The van der Waals surface area contributed by atoms with Gasteiger partial charge in [-0.25, -0.2) is 4.98 Å². The molecule has 3 heterocycles. The van der Waals surface area contributed by atoms with Gasteiger partial charge in [0.15, 0.2) is 10.8 Å². The lowest BCUT2D eigenvalue weighted by atomic mass is 10.1. The second-order valence-electron chi connectivity index (χ2n) is 7.13. The Hall–Kier alpha value is -2.16. The number of piperidine rings is 1. The van der Waals surface area contributed by atoms with Crippen LogP contribution in [0.1, 0.15) is 18.4 Å². The number of hydrogen-bond donors (Lipinski definition) is 2. The maximum atomic E-state index is 12.7. The zero-order chi connectivity index (χ0) is 19.8. The van der Waals surface area contributed by atoms with Crippen LogP contribution >= 0.6 is 22.9 Å². The van der Waals surface area contributed by atoms with Crippen LogP contribution in [0.25, 0.3) is 21.7 Å². The molecule has 1 fully saturated rings. The Bertz CT molecular complexity index is 1080. The van der Waals surface area contributed by atoms with Gasteiger partial charge in [0, 0.05) is 17.6 Å². The van der Waals surface area contributed by atoms with Crippen molar-refractivity contribution in [1.29, 1.82) is 0 Å². The Morgan fingerprint density at radius 3 is 2.96 bits per heavy atom. The summed E-state index contributed by atoms with van der Waals surface area (Å²) in [4.78, 5) is 27.0. The molecule has 1 aliphatic rings. The minimum absolute atomic E-state index is 0.206. The number of fused-ring (bicyclic) bond motifs is 1. The molecule has 1 aromatic carbocycles. The number of nitrogens with one attached hydrogen (secondary N) is 2. The standard InChI is InChI=1S/C19H22ClN5O2S/c1-10-7-11(20)8-13(27-3)14(10)16-22-17-15(18(26)23-16)28-19(24-17)21-12-5-4-6-25(2)9-12/h7-8,12H,4-6,9H2,1-3H3,(H2,21,22,23,24,26)/t12-/m1/s1. The van der Waals surface area contributed by atoms with Crippen LogP contribution in [-0.4, -0.2) is 53.1 Å². The largest absolute Gasteiger partial charge is 0.496 e. The van der Waals surface area contributed by atoms with Crippen LogP contribution in [0, 0.1) is 6.92 Å². The summed E-state index contributed by atoms with van der Waals surface area (Å²) >= 11 is 7.47. The first-order valence-electron chi connectivity index (χ1n) is 9.15. The number of methoxy groups -OCH3 is 1. The molecule has 2 aromatic heterocycles. The van der Waals surface area contributed by atoms with E-state index in [0.29, 0.717) is 38.5 Å². The van der Waals surface area contributed by atoms with E-state index < -0.39 is 0 Å². The average Bonchev–Trinajstić information content (AvgIpc) is 3.04. The van der Waals surface area contributed by atoms with Gasteiger partial charge in [0.25, 0.3) is 5.56 Å². The summed E-state index contributed by atoms with van der Waals surface area (Å²) in [7, 11) is 3.68. The summed E-state index contributed by atoms with van der Waals surface area (Å²) in [5.41, 5.74) is 1.81. The quantitative estimate of drug-likeness (QED) is 0.673. The lowest BCUT2D eigenvalue weighted by molar-refractivity contribution is 0.261. The van der Waals surface area contributed by atoms with Gasteiger partial charge in [0.2, 0.25) is 0 Å². The third kappa shape index (κ3) is 3.72. The van der Waals surface area contributed by atoms with E-state index >= 15 is 0 Å². The maximum absolute atomic E-state index is 12.7. The summed E-state index contributed by atoms with van der Waals surface area (Å²) in [6.45, 7) is 3.98. The number of thiazole rings is 1. The molecule has 0 saturated carbocycles. The molecule has 0 radical (unpaired) electrons. The minimum atomic E-state index is -0.206. The molecule has 7 nitrogen and oxygen atoms in total. The van der Waals surface area contributed by atoms with E-state index in [1.165, 1.54) is 11.3 Å². The minimum Gasteiger partial charge on any atom is -0.496 e. The third-order valence-electron chi connectivity index (χ3n) is 4.94. The predicted octanol–water partition coefficient (Wildman–Crippen LogP) is 3.52. The van der Waals surface area contributed by atoms with Crippen molar-refractivity contribution in [3.05, 3.63) is 33.1 Å². The first-order valence-corrected chi connectivity index (χ1v) is 10.3. The highest BCUT2D eigenvalue weighted by molar-refractivity contribution is 7.22. The molecule has 1 atom stereocenters. The summed E-state index contributed by atoms with van der Waals surface area (Å²) in [6.07, 6.45) is 2.24. The van der Waals surface area contributed by atoms with E-state index in [2.05, 4.69) is 32.2 Å². The van der Waals surface area contributed by atoms with E-state index in [1.54, 1.807) is 13.2 Å². The molecule has 3 aromatic rings. The molecular weight excluding hydrogens is 398 g/mol. The number of likely N-dealkylation sites (tertiary alicyclic amines) is 1. The second kappa shape index (κ2) is 7.69. The van der Waals surface area contributed by atoms with Crippen molar-refractivity contribution in [2.24, 2.45) is 0 Å². The van der Waals surface area contributed by atoms with Gasteiger partial charge in [-0.05, 0) is 51.1 Å². The van der Waals surface area contributed by atoms with Crippen molar-refractivity contribution in [1.82, 2.24) is 19.9 Å². The summed E-state index contributed by atoms with van der Waals surface area (Å²) in [6, 6.07) is 3.86. The van der Waals surface area contributed by atoms with Gasteiger partial charge in [-0.1, -0.05) is 22.9 Å². The van der Waals surface area contributed by atoms with E-state index in [4.69, 9.17) is 16.3 Å². The van der Waals surface area contributed by atoms with Crippen LogP contribution in [0.3, 0.4) is 0 Å². The van der Waals surface area contributed by atoms with Gasteiger partial charge in [-0.3, -0.25) is 4.79 Å². The summed E-state index contributed by atoms with van der Waals surface area (Å²) in [5, 5.41) is 4.76. The molecule has 0 spiro atoms. The molecule has 28 heavy (non-hydrogen) atoms. The number of aromatic nitrogens is 3. The normalized spacial score (nSPS) is 17.8. The highest BCUT2D eigenvalue weighted by Crippen LogP contribution is 2.34. The fourth-order valence-electron chi connectivity index (χ4n) is 3.65. The molecule has 0 unspecified atom stereocenters. The first-order chi connectivity index (χ1) is 13.4. The summed E-state index contributed by atoms with van der Waals surface area (Å²) < 4.78 is 5.96. The smallest absolute Gasteiger partial charge is 0.270 e. The first kappa shape index (κ1) is 19.2. The van der Waals surface area contributed by atoms with Crippen molar-refractivity contribution in [2.45, 2.75) is 25.8 Å². The molecule has 0 bridgehead atoms. The lowest BCUT2D eigenvalue weighted by Gasteiger charge is -2.29. The topological polar surface area (TPSA) is 83.1 Å². The number of halogens is 1. The van der Waals surface area contributed by atoms with Crippen molar-refractivity contribution in [2.75, 3.05) is 32.6 Å². The second-order valence-corrected chi connectivity index (χ2v) is 8.57. The number of anilines is 1. The zero-order valence-electron chi connectivity index (χ0n) is 16.0. The van der Waals surface area contributed by atoms with Gasteiger partial charge >= 0.3 is 0 Å². The van der Waals surface area contributed by atoms with Crippen LogP contribution in [0.15, 0.2) is 16.9 Å². The van der Waals surface area contributed by atoms with E-state index in [1.807, 2.05) is 13.0 Å². The molecular formula is C19H22ClN5O2S. The average molecular weight is 420 g/mol. The monoisotopic (exact) mass is 419 g/mol. The number of hydrogen-bond acceptors (Lipinski definition) is 7. The number of likely N-dealkylation sites (N-methyl/N-ethyl adjacent to an activating group) is 1. The number of H-pyrrole nitrogens is 1. The van der Waals surface area contributed by atoms with Crippen molar-refractivity contribution >= 4 is 38.4 Å². The molecule has 148 valence electrons. The molecule has 4 rings (SSSR count). The van der Waals surface area contributed by atoms with E-state index in [-0.39, 0.29) is 5.56 Å². The predicted molar refractivity (Wildman–Crippen MR) is 114 cm³/mol. The third-order valence-corrected chi connectivity index (χ3v) is 6.13. The maximum Gasteiger partial charge on any atom is 0.270 e. The van der Waals surface area contributed by atoms with Crippen LogP contribution in [0.4, 0.5) is 5.13 Å². The zero-order valence-corrected chi connectivity index (χ0v) is 17.6. The molecule has 1 aliphatic heterocycles. The van der Waals surface area contributed by atoms with Crippen molar-refractivity contribution < 1.29 is 4.74 Å². The molecule has 1 saturated heterocycles. The van der Waals surface area contributed by atoms with Gasteiger partial charge in [-0.2, -0.15) is 4.98 Å². The van der Waals surface area contributed by atoms with Gasteiger partial charge in [0.1, 0.15) is 16.3 Å². The fourth-order valence-corrected chi connectivity index (χ4v) is 4.79. The molecule has 2 N–H and O–H groups in total. The number of aromatic amines is 1. The Kier molecular flexibility index (Phi) is 5.27. The Morgan fingerprint density at radius 2 is 2.21 bits per heavy atom. The van der Waals surface area contributed by atoms with Crippen molar-refractivity contribution in [3.63, 3.8) is 0 Å². The van der Waals surface area contributed by atoms with Crippen LogP contribution in [0.5, 0.6) is 5.75 Å². The molecule has 0 aliphatic carbocycles. The van der Waals surface area contributed by atoms with E-state index in [9.17, 15) is 4.79 Å². The number of rotatable bonds is 4.